The molecule has 35 heavy (non-hydrogen) atoms. The number of hydrogen-bond acceptors (Lipinski definition) is 8. The summed E-state index contributed by atoms with van der Waals surface area (Å²) in [6.07, 6.45) is 1.41. The van der Waals surface area contributed by atoms with Gasteiger partial charge in [-0.3, -0.25) is 10.1 Å². The van der Waals surface area contributed by atoms with Gasteiger partial charge in [-0.25, -0.2) is 9.80 Å². The van der Waals surface area contributed by atoms with Gasteiger partial charge in [0.15, 0.2) is 5.84 Å². The zero-order chi connectivity index (χ0) is 25.0. The molecule has 0 saturated carbocycles. The van der Waals surface area contributed by atoms with Crippen molar-refractivity contribution < 1.29 is 22.9 Å². The summed E-state index contributed by atoms with van der Waals surface area (Å²) < 4.78 is 35.1. The number of fused-ring (bicyclic) bond motifs is 1. The van der Waals surface area contributed by atoms with Crippen molar-refractivity contribution >= 4 is 49.7 Å². The van der Waals surface area contributed by atoms with Gasteiger partial charge in [0.1, 0.15) is 11.5 Å². The Bertz CT molecular complexity index is 1440. The number of halogens is 1. The fourth-order valence-electron chi connectivity index (χ4n) is 3.21. The first-order valence-electron chi connectivity index (χ1n) is 10.2. The Labute approximate surface area is 208 Å². The van der Waals surface area contributed by atoms with Gasteiger partial charge in [0.05, 0.1) is 23.2 Å². The minimum atomic E-state index is -3.90. The van der Waals surface area contributed by atoms with Gasteiger partial charge in [0, 0.05) is 22.2 Å². The first-order chi connectivity index (χ1) is 16.7. The van der Waals surface area contributed by atoms with Crippen molar-refractivity contribution in [2.75, 3.05) is 13.2 Å². The zero-order valence-corrected chi connectivity index (χ0v) is 20.3. The number of hydrogen-bond donors (Lipinski definition) is 0. The SMILES string of the molecule is O=C(OCCN(/N=C/c1ccc([N+](=O)[O-])cc1)C1=NS(=O)(=O)c2ccccc21)c1ccc(Br)cc1. The highest BCUT2D eigenvalue weighted by Gasteiger charge is 2.31. The van der Waals surface area contributed by atoms with Crippen LogP contribution in [0.3, 0.4) is 0 Å². The third-order valence-electron chi connectivity index (χ3n) is 4.92. The summed E-state index contributed by atoms with van der Waals surface area (Å²) in [6, 6.07) is 18.7. The molecule has 0 amide bonds. The number of esters is 1. The topological polar surface area (TPSA) is 132 Å². The first kappa shape index (κ1) is 24.2. The molecule has 1 aliphatic rings. The number of rotatable bonds is 7. The van der Waals surface area contributed by atoms with Crippen LogP contribution in [0.15, 0.2) is 91.7 Å². The fourth-order valence-corrected chi connectivity index (χ4v) is 4.68. The van der Waals surface area contributed by atoms with Gasteiger partial charge in [-0.2, -0.15) is 13.5 Å². The summed E-state index contributed by atoms with van der Waals surface area (Å²) in [4.78, 5) is 22.8. The van der Waals surface area contributed by atoms with Crippen molar-refractivity contribution in [1.82, 2.24) is 5.01 Å². The number of carbonyl (C=O) groups excluding carboxylic acids is 1. The molecule has 0 saturated heterocycles. The van der Waals surface area contributed by atoms with E-state index in [0.29, 0.717) is 16.7 Å². The Morgan fingerprint density at radius 3 is 2.46 bits per heavy atom. The highest BCUT2D eigenvalue weighted by Crippen LogP contribution is 2.27. The van der Waals surface area contributed by atoms with E-state index in [1.165, 1.54) is 41.6 Å². The van der Waals surface area contributed by atoms with Gasteiger partial charge in [-0.05, 0) is 54.1 Å². The van der Waals surface area contributed by atoms with E-state index in [1.807, 2.05) is 0 Å². The summed E-state index contributed by atoms with van der Waals surface area (Å²) in [6.45, 7) is -0.0951. The molecule has 0 aromatic heterocycles. The average molecular weight is 557 g/mol. The summed E-state index contributed by atoms with van der Waals surface area (Å²) in [5, 5.41) is 16.5. The third kappa shape index (κ3) is 5.61. The molecule has 3 aromatic carbocycles. The van der Waals surface area contributed by atoms with Crippen LogP contribution in [0.1, 0.15) is 21.5 Å². The number of ether oxygens (including phenoxy) is 1. The quantitative estimate of drug-likeness (QED) is 0.186. The number of benzene rings is 3. The first-order valence-corrected chi connectivity index (χ1v) is 12.4. The lowest BCUT2D eigenvalue weighted by Crippen LogP contribution is -2.30. The number of nitro groups is 1. The minimum Gasteiger partial charge on any atom is -0.460 e. The molecule has 0 aliphatic carbocycles. The molecule has 178 valence electrons. The van der Waals surface area contributed by atoms with Crippen molar-refractivity contribution in [3.8, 4) is 0 Å². The monoisotopic (exact) mass is 556 g/mol. The van der Waals surface area contributed by atoms with Crippen LogP contribution in [0.5, 0.6) is 0 Å². The molecule has 0 N–H and O–H groups in total. The maximum atomic E-state index is 12.5. The standard InChI is InChI=1S/C23H17BrN4O6S/c24-18-9-7-17(8-10-18)23(29)34-14-13-27(25-15-16-5-11-19(12-6-16)28(30)31)22-20-3-1-2-4-21(20)35(32,33)26-22/h1-12,15H,13-14H2/b25-15+. The second-order valence-corrected chi connectivity index (χ2v) is 9.73. The van der Waals surface area contributed by atoms with Crippen molar-refractivity contribution in [2.24, 2.45) is 9.50 Å². The lowest BCUT2D eigenvalue weighted by atomic mass is 10.2. The maximum absolute atomic E-state index is 12.5. The van der Waals surface area contributed by atoms with Crippen molar-refractivity contribution in [2.45, 2.75) is 4.90 Å². The molecule has 0 fully saturated rings. The van der Waals surface area contributed by atoms with Crippen LogP contribution in [0, 0.1) is 10.1 Å². The molecule has 1 aliphatic heterocycles. The molecule has 0 radical (unpaired) electrons. The summed E-state index contributed by atoms with van der Waals surface area (Å²) >= 11 is 3.30. The molecular formula is C23H17BrN4O6S. The molecule has 0 bridgehead atoms. The zero-order valence-electron chi connectivity index (χ0n) is 17.9. The van der Waals surface area contributed by atoms with Crippen LogP contribution in [-0.4, -0.2) is 49.5 Å². The molecule has 0 unspecified atom stereocenters. The van der Waals surface area contributed by atoms with Crippen LogP contribution < -0.4 is 0 Å². The van der Waals surface area contributed by atoms with Gasteiger partial charge < -0.3 is 4.74 Å². The third-order valence-corrected chi connectivity index (χ3v) is 6.78. The molecule has 3 aromatic rings. The molecule has 12 heteroatoms. The number of nitrogens with zero attached hydrogens (tertiary/aromatic N) is 4. The Balaban J connectivity index is 1.57. The van der Waals surface area contributed by atoms with Gasteiger partial charge in [-0.15, -0.1) is 4.40 Å². The number of nitro benzene ring substituents is 1. The smallest absolute Gasteiger partial charge is 0.338 e. The second kappa shape index (κ2) is 10.2. The fraction of sp³-hybridized carbons (Fsp3) is 0.0870. The van der Waals surface area contributed by atoms with Crippen LogP contribution in [0.2, 0.25) is 0 Å². The highest BCUT2D eigenvalue weighted by molar-refractivity contribution is 9.10. The van der Waals surface area contributed by atoms with Crippen molar-refractivity contribution in [3.05, 3.63) is 104 Å². The van der Waals surface area contributed by atoms with Crippen molar-refractivity contribution in [3.63, 3.8) is 0 Å². The number of hydrazone groups is 1. The van der Waals surface area contributed by atoms with E-state index in [0.717, 1.165) is 4.47 Å². The number of amidine groups is 1. The van der Waals surface area contributed by atoms with Crippen molar-refractivity contribution in [1.29, 1.82) is 0 Å². The maximum Gasteiger partial charge on any atom is 0.338 e. The predicted molar refractivity (Wildman–Crippen MR) is 132 cm³/mol. The van der Waals surface area contributed by atoms with Crippen LogP contribution in [-0.2, 0) is 14.8 Å². The van der Waals surface area contributed by atoms with E-state index < -0.39 is 20.9 Å². The van der Waals surface area contributed by atoms with Gasteiger partial charge in [0.25, 0.3) is 15.7 Å². The molecule has 10 nitrogen and oxygen atoms in total. The minimum absolute atomic E-state index is 0.00837. The molecule has 4 rings (SSSR count). The highest BCUT2D eigenvalue weighted by atomic mass is 79.9. The molecule has 1 heterocycles. The number of carbonyl (C=O) groups is 1. The number of non-ortho nitro benzene ring substituents is 1. The Morgan fingerprint density at radius 2 is 1.77 bits per heavy atom. The number of sulfonamides is 1. The van der Waals surface area contributed by atoms with Gasteiger partial charge >= 0.3 is 5.97 Å². The van der Waals surface area contributed by atoms with E-state index >= 15 is 0 Å². The Hall–Kier alpha value is -3.90. The van der Waals surface area contributed by atoms with E-state index in [9.17, 15) is 23.3 Å². The van der Waals surface area contributed by atoms with E-state index in [1.54, 1.807) is 42.5 Å². The normalized spacial score (nSPS) is 13.8. The Morgan fingerprint density at radius 1 is 1.09 bits per heavy atom. The molecule has 0 atom stereocenters. The predicted octanol–water partition coefficient (Wildman–Crippen LogP) is 4.00. The summed E-state index contributed by atoms with van der Waals surface area (Å²) in [7, 11) is -3.90. The largest absolute Gasteiger partial charge is 0.460 e. The van der Waals surface area contributed by atoms with E-state index in [4.69, 9.17) is 4.74 Å². The second-order valence-electron chi connectivity index (χ2n) is 7.25. The van der Waals surface area contributed by atoms with Crippen LogP contribution in [0.25, 0.3) is 0 Å². The molecule has 0 spiro atoms. The summed E-state index contributed by atoms with van der Waals surface area (Å²) in [5.41, 5.74) is 1.20. The summed E-state index contributed by atoms with van der Waals surface area (Å²) in [5.74, 6) is -0.461. The van der Waals surface area contributed by atoms with Gasteiger partial charge in [-0.1, -0.05) is 28.1 Å². The Kier molecular flexibility index (Phi) is 7.03. The van der Waals surface area contributed by atoms with E-state index in [-0.39, 0.29) is 29.6 Å². The van der Waals surface area contributed by atoms with E-state index in [2.05, 4.69) is 25.4 Å². The lowest BCUT2D eigenvalue weighted by molar-refractivity contribution is -0.384. The lowest BCUT2D eigenvalue weighted by Gasteiger charge is -2.19. The van der Waals surface area contributed by atoms with Gasteiger partial charge in [0.2, 0.25) is 0 Å². The van der Waals surface area contributed by atoms with Crippen LogP contribution in [0.4, 0.5) is 5.69 Å². The molecular weight excluding hydrogens is 540 g/mol. The van der Waals surface area contributed by atoms with Crippen LogP contribution >= 0.6 is 15.9 Å². The average Bonchev–Trinajstić information content (AvgIpc) is 3.12.